The molecule has 0 spiro atoms. The van der Waals surface area contributed by atoms with Crippen LogP contribution in [-0.4, -0.2) is 43.1 Å². The molecule has 5 heteroatoms. The molecule has 1 aliphatic carbocycles. The summed E-state index contributed by atoms with van der Waals surface area (Å²) in [6, 6.07) is 8.00. The molecule has 1 fully saturated rings. The first-order valence-corrected chi connectivity index (χ1v) is 9.14. The fourth-order valence-electron chi connectivity index (χ4n) is 3.32. The predicted octanol–water partition coefficient (Wildman–Crippen LogP) is 3.21. The molecule has 1 atom stereocenters. The van der Waals surface area contributed by atoms with Crippen molar-refractivity contribution < 1.29 is 19.1 Å². The summed E-state index contributed by atoms with van der Waals surface area (Å²) in [4.78, 5) is 26.3. The molecule has 0 heterocycles. The molecule has 1 aromatic carbocycles. The Hall–Kier alpha value is -2.04. The number of methoxy groups -OCH3 is 1. The number of carbonyl (C=O) groups is 2. The van der Waals surface area contributed by atoms with Crippen LogP contribution in [0.3, 0.4) is 0 Å². The lowest BCUT2D eigenvalue weighted by atomic mass is 10.1. The lowest BCUT2D eigenvalue weighted by Gasteiger charge is -2.30. The summed E-state index contributed by atoms with van der Waals surface area (Å²) >= 11 is 0. The van der Waals surface area contributed by atoms with E-state index in [1.54, 1.807) is 6.92 Å². The number of ether oxygens (including phenoxy) is 2. The van der Waals surface area contributed by atoms with Gasteiger partial charge in [-0.1, -0.05) is 38.8 Å². The topological polar surface area (TPSA) is 55.8 Å². The van der Waals surface area contributed by atoms with Crippen LogP contribution in [0, 0.1) is 5.92 Å². The highest BCUT2D eigenvalue weighted by Crippen LogP contribution is 2.25. The number of amides is 1. The third-order valence-electron chi connectivity index (χ3n) is 4.83. The zero-order valence-corrected chi connectivity index (χ0v) is 15.5. The molecule has 0 saturated heterocycles. The Morgan fingerprint density at radius 2 is 2.00 bits per heavy atom. The van der Waals surface area contributed by atoms with Gasteiger partial charge in [-0.2, -0.15) is 0 Å². The van der Waals surface area contributed by atoms with Gasteiger partial charge in [0.05, 0.1) is 13.0 Å². The molecule has 1 aliphatic rings. The number of esters is 1. The minimum absolute atomic E-state index is 0.00242. The smallest absolute Gasteiger partial charge is 0.310 e. The van der Waals surface area contributed by atoms with Crippen LogP contribution in [0.15, 0.2) is 24.3 Å². The Balaban J connectivity index is 2.00. The quantitative estimate of drug-likeness (QED) is 0.678. The first kappa shape index (κ1) is 19.3. The highest BCUT2D eigenvalue weighted by molar-refractivity contribution is 5.79. The van der Waals surface area contributed by atoms with E-state index in [-0.39, 0.29) is 30.4 Å². The van der Waals surface area contributed by atoms with Gasteiger partial charge in [0, 0.05) is 12.6 Å². The van der Waals surface area contributed by atoms with Crippen LogP contribution < -0.4 is 4.74 Å². The van der Waals surface area contributed by atoms with Gasteiger partial charge in [0.2, 0.25) is 0 Å². The molecular formula is C20H29NO4. The van der Waals surface area contributed by atoms with E-state index < -0.39 is 0 Å². The van der Waals surface area contributed by atoms with E-state index in [2.05, 4.69) is 6.92 Å². The maximum atomic E-state index is 12.8. The summed E-state index contributed by atoms with van der Waals surface area (Å²) < 4.78 is 10.5. The molecule has 0 N–H and O–H groups in total. The molecule has 0 bridgehead atoms. The minimum Gasteiger partial charge on any atom is -0.484 e. The fourth-order valence-corrected chi connectivity index (χ4v) is 3.32. The normalized spacial score (nSPS) is 15.6. The van der Waals surface area contributed by atoms with Crippen molar-refractivity contribution in [2.45, 2.75) is 52.0 Å². The van der Waals surface area contributed by atoms with Crippen molar-refractivity contribution in [3.63, 3.8) is 0 Å². The second kappa shape index (κ2) is 9.44. The van der Waals surface area contributed by atoms with Gasteiger partial charge >= 0.3 is 5.97 Å². The number of carbonyl (C=O) groups excluding carboxylic acids is 2. The van der Waals surface area contributed by atoms with Crippen molar-refractivity contribution in [2.75, 3.05) is 20.3 Å². The van der Waals surface area contributed by atoms with Crippen molar-refractivity contribution in [3.05, 3.63) is 29.8 Å². The first-order chi connectivity index (χ1) is 12.0. The van der Waals surface area contributed by atoms with Gasteiger partial charge in [-0.15, -0.1) is 0 Å². The minimum atomic E-state index is -0.335. The van der Waals surface area contributed by atoms with Crippen LogP contribution >= 0.6 is 0 Å². The number of hydrogen-bond acceptors (Lipinski definition) is 4. The van der Waals surface area contributed by atoms with Gasteiger partial charge in [-0.05, 0) is 37.0 Å². The Morgan fingerprint density at radius 3 is 2.64 bits per heavy atom. The molecule has 25 heavy (non-hydrogen) atoms. The van der Waals surface area contributed by atoms with Crippen molar-refractivity contribution in [1.82, 2.24) is 4.90 Å². The van der Waals surface area contributed by atoms with E-state index in [4.69, 9.17) is 9.47 Å². The Kier molecular flexibility index (Phi) is 7.29. The molecule has 138 valence electrons. The lowest BCUT2D eigenvalue weighted by molar-refractivity contribution is -0.147. The van der Waals surface area contributed by atoms with Crippen LogP contribution in [-0.2, 0) is 20.7 Å². The molecule has 0 aromatic heterocycles. The Morgan fingerprint density at radius 1 is 1.28 bits per heavy atom. The summed E-state index contributed by atoms with van der Waals surface area (Å²) in [5.41, 5.74) is 1.18. The standard InChI is InChI=1S/C20H29NO4/c1-4-16-8-7-11-18(12-16)25-14-19(22)21(17-9-5-6-10-17)13-15(2)20(23)24-3/h7-8,11-12,15,17H,4-6,9-10,13-14H2,1-3H3. The van der Waals surface area contributed by atoms with Crippen LogP contribution in [0.25, 0.3) is 0 Å². The van der Waals surface area contributed by atoms with Gasteiger partial charge in [0.1, 0.15) is 5.75 Å². The summed E-state index contributed by atoms with van der Waals surface area (Å²) in [5.74, 6) is 0.0231. The zero-order chi connectivity index (χ0) is 18.2. The average Bonchev–Trinajstić information content (AvgIpc) is 3.17. The second-order valence-corrected chi connectivity index (χ2v) is 6.70. The third-order valence-corrected chi connectivity index (χ3v) is 4.83. The van der Waals surface area contributed by atoms with Gasteiger partial charge in [0.15, 0.2) is 6.61 Å². The molecular weight excluding hydrogens is 318 g/mol. The molecule has 2 rings (SSSR count). The van der Waals surface area contributed by atoms with Gasteiger partial charge in [-0.25, -0.2) is 0 Å². The first-order valence-electron chi connectivity index (χ1n) is 9.14. The van der Waals surface area contributed by atoms with E-state index >= 15 is 0 Å². The molecule has 1 amide bonds. The summed E-state index contributed by atoms with van der Waals surface area (Å²) in [6.07, 6.45) is 5.16. The molecule has 1 aromatic rings. The Bertz CT molecular complexity index is 581. The van der Waals surface area contributed by atoms with E-state index in [0.717, 1.165) is 32.1 Å². The molecule has 5 nitrogen and oxygen atoms in total. The SMILES string of the molecule is CCc1cccc(OCC(=O)N(CC(C)C(=O)OC)C2CCCC2)c1. The molecule has 0 aliphatic heterocycles. The Labute approximate surface area is 150 Å². The van der Waals surface area contributed by atoms with E-state index in [1.165, 1.54) is 12.7 Å². The predicted molar refractivity (Wildman–Crippen MR) is 96.5 cm³/mol. The van der Waals surface area contributed by atoms with E-state index in [9.17, 15) is 9.59 Å². The van der Waals surface area contributed by atoms with Crippen LogP contribution in [0.1, 0.15) is 45.1 Å². The summed E-state index contributed by atoms with van der Waals surface area (Å²) in [5, 5.41) is 0. The molecule has 0 radical (unpaired) electrons. The highest BCUT2D eigenvalue weighted by Gasteiger charge is 2.30. The van der Waals surface area contributed by atoms with E-state index in [0.29, 0.717) is 12.3 Å². The summed E-state index contributed by atoms with van der Waals surface area (Å²) in [6.45, 7) is 4.26. The fraction of sp³-hybridized carbons (Fsp3) is 0.600. The number of hydrogen-bond donors (Lipinski definition) is 0. The number of nitrogens with zero attached hydrogens (tertiary/aromatic N) is 1. The number of rotatable bonds is 8. The van der Waals surface area contributed by atoms with Crippen LogP contribution in [0.5, 0.6) is 5.75 Å². The average molecular weight is 347 g/mol. The molecule has 1 unspecified atom stereocenters. The third kappa shape index (κ3) is 5.48. The second-order valence-electron chi connectivity index (χ2n) is 6.70. The largest absolute Gasteiger partial charge is 0.484 e. The lowest BCUT2D eigenvalue weighted by Crippen LogP contribution is -2.45. The maximum absolute atomic E-state index is 12.8. The number of benzene rings is 1. The summed E-state index contributed by atoms with van der Waals surface area (Å²) in [7, 11) is 1.38. The molecule has 1 saturated carbocycles. The van der Waals surface area contributed by atoms with Gasteiger partial charge in [-0.3, -0.25) is 9.59 Å². The van der Waals surface area contributed by atoms with Gasteiger partial charge in [0.25, 0.3) is 5.91 Å². The maximum Gasteiger partial charge on any atom is 0.310 e. The van der Waals surface area contributed by atoms with Crippen molar-refractivity contribution in [3.8, 4) is 5.75 Å². The number of aryl methyl sites for hydroxylation is 1. The van der Waals surface area contributed by atoms with Crippen molar-refractivity contribution >= 4 is 11.9 Å². The monoisotopic (exact) mass is 347 g/mol. The van der Waals surface area contributed by atoms with Crippen LogP contribution in [0.4, 0.5) is 0 Å². The highest BCUT2D eigenvalue weighted by atomic mass is 16.5. The van der Waals surface area contributed by atoms with Gasteiger partial charge < -0.3 is 14.4 Å². The van der Waals surface area contributed by atoms with Crippen molar-refractivity contribution in [1.29, 1.82) is 0 Å². The zero-order valence-electron chi connectivity index (χ0n) is 15.5. The van der Waals surface area contributed by atoms with Crippen molar-refractivity contribution in [2.24, 2.45) is 5.92 Å². The van der Waals surface area contributed by atoms with E-state index in [1.807, 2.05) is 29.2 Å². The van der Waals surface area contributed by atoms with Crippen LogP contribution in [0.2, 0.25) is 0 Å².